The van der Waals surface area contributed by atoms with Crippen LogP contribution in [0.3, 0.4) is 0 Å². The van der Waals surface area contributed by atoms with Gasteiger partial charge < -0.3 is 24.2 Å². The number of aliphatic hydroxyl groups is 2. The van der Waals surface area contributed by atoms with Crippen molar-refractivity contribution in [2.45, 2.75) is 37.4 Å². The van der Waals surface area contributed by atoms with E-state index in [0.717, 1.165) is 11.1 Å². The first kappa shape index (κ1) is 21.1. The molecule has 5 atom stereocenters. The minimum absolute atomic E-state index is 0.176. The maximum atomic E-state index is 12.8. The van der Waals surface area contributed by atoms with Gasteiger partial charge in [0, 0.05) is 7.11 Å². The van der Waals surface area contributed by atoms with Crippen molar-refractivity contribution in [3.63, 3.8) is 0 Å². The minimum atomic E-state index is -3.88. The largest absolute Gasteiger partial charge is 0.394 e. The molecular formula is C20H25O7P. The predicted molar refractivity (Wildman–Crippen MR) is 103 cm³/mol. The van der Waals surface area contributed by atoms with Gasteiger partial charge in [0.25, 0.3) is 0 Å². The van der Waals surface area contributed by atoms with Crippen LogP contribution in [0.2, 0.25) is 0 Å². The summed E-state index contributed by atoms with van der Waals surface area (Å²) in [6.07, 6.45) is -2.79. The Kier molecular flexibility index (Phi) is 7.37. The lowest BCUT2D eigenvalue weighted by molar-refractivity contribution is -0.176. The summed E-state index contributed by atoms with van der Waals surface area (Å²) in [7, 11) is -2.69. The van der Waals surface area contributed by atoms with Gasteiger partial charge in [0.2, 0.25) is 0 Å². The van der Waals surface area contributed by atoms with Gasteiger partial charge in [-0.1, -0.05) is 60.7 Å². The zero-order valence-electron chi connectivity index (χ0n) is 15.6. The van der Waals surface area contributed by atoms with E-state index in [1.54, 1.807) is 0 Å². The van der Waals surface area contributed by atoms with Gasteiger partial charge in [-0.3, -0.25) is 9.09 Å². The predicted octanol–water partition coefficient (Wildman–Crippen LogP) is 2.71. The lowest BCUT2D eigenvalue weighted by Gasteiger charge is -2.42. The van der Waals surface area contributed by atoms with Crippen molar-refractivity contribution in [3.05, 3.63) is 71.8 Å². The van der Waals surface area contributed by atoms with Crippen LogP contribution < -0.4 is 0 Å². The monoisotopic (exact) mass is 408 g/mol. The smallest absolute Gasteiger partial charge is 0.361 e. The second kappa shape index (κ2) is 9.76. The summed E-state index contributed by atoms with van der Waals surface area (Å²) in [5.41, 5.74) is 1.80. The van der Waals surface area contributed by atoms with E-state index in [1.807, 2.05) is 60.7 Å². The lowest BCUT2D eigenvalue weighted by Crippen LogP contribution is -2.54. The normalized spacial score (nSPS) is 30.2. The highest BCUT2D eigenvalue weighted by Crippen LogP contribution is 2.58. The molecule has 2 aromatic carbocycles. The van der Waals surface area contributed by atoms with Crippen LogP contribution in [0.25, 0.3) is 0 Å². The Bertz CT molecular complexity index is 771. The van der Waals surface area contributed by atoms with Crippen molar-refractivity contribution in [2.75, 3.05) is 13.7 Å². The maximum absolute atomic E-state index is 12.8. The summed E-state index contributed by atoms with van der Waals surface area (Å²) >= 11 is 0. The summed E-state index contributed by atoms with van der Waals surface area (Å²) < 4.78 is 35.0. The zero-order valence-corrected chi connectivity index (χ0v) is 16.5. The van der Waals surface area contributed by atoms with Gasteiger partial charge in [0.15, 0.2) is 5.85 Å². The number of benzene rings is 2. The molecule has 0 radical (unpaired) electrons. The number of ether oxygens (including phenoxy) is 2. The molecule has 0 bridgehead atoms. The number of aliphatic hydroxyl groups excluding tert-OH is 2. The molecule has 0 unspecified atom stereocenters. The van der Waals surface area contributed by atoms with Crippen LogP contribution in [0, 0.1) is 0 Å². The van der Waals surface area contributed by atoms with Crippen LogP contribution in [-0.2, 0) is 36.3 Å². The number of rotatable bonds is 8. The average molecular weight is 408 g/mol. The Balaban J connectivity index is 1.79. The molecule has 0 aromatic heterocycles. The van der Waals surface area contributed by atoms with Crippen LogP contribution in [0.1, 0.15) is 11.1 Å². The Morgan fingerprint density at radius 1 is 0.929 bits per heavy atom. The van der Waals surface area contributed by atoms with Crippen molar-refractivity contribution >= 4 is 7.60 Å². The fourth-order valence-corrected chi connectivity index (χ4v) is 4.68. The van der Waals surface area contributed by atoms with Crippen molar-refractivity contribution in [3.8, 4) is 0 Å². The standard InChI is InChI=1S/C20H25O7P/c1-24-28(23)20(22)19(26-14-16-10-6-3-7-11-16)18(17(12-21)27-28)25-13-15-8-4-2-5-9-15/h2-11,17-22H,12-14H2,1H3/t17-,18-,19+,20-,28+/m1/s1. The highest BCUT2D eigenvalue weighted by atomic mass is 31.2. The molecule has 0 saturated carbocycles. The SMILES string of the molecule is CO[P@]1(=O)O[C@H](CO)[C@@H](OCc2ccccc2)[C@H](OCc2ccccc2)[C@@H]1O. The molecule has 0 aliphatic carbocycles. The Labute approximate surface area is 164 Å². The van der Waals surface area contributed by atoms with Crippen molar-refractivity contribution in [1.82, 2.24) is 0 Å². The van der Waals surface area contributed by atoms with Gasteiger partial charge in [-0.25, -0.2) is 0 Å². The third-order valence-electron chi connectivity index (χ3n) is 4.60. The van der Waals surface area contributed by atoms with Gasteiger partial charge in [0.1, 0.15) is 18.3 Å². The molecule has 28 heavy (non-hydrogen) atoms. The molecule has 1 saturated heterocycles. The Morgan fingerprint density at radius 2 is 1.43 bits per heavy atom. The van der Waals surface area contributed by atoms with Crippen molar-refractivity contribution in [2.24, 2.45) is 0 Å². The van der Waals surface area contributed by atoms with Crippen molar-refractivity contribution in [1.29, 1.82) is 0 Å². The Hall–Kier alpha value is -1.57. The van der Waals surface area contributed by atoms with Crippen molar-refractivity contribution < 1.29 is 33.3 Å². The van der Waals surface area contributed by atoms with E-state index >= 15 is 0 Å². The quantitative estimate of drug-likeness (QED) is 0.649. The fourth-order valence-electron chi connectivity index (χ4n) is 3.08. The molecule has 0 spiro atoms. The first-order valence-electron chi connectivity index (χ1n) is 9.01. The topological polar surface area (TPSA) is 94.5 Å². The third kappa shape index (κ3) is 4.88. The Morgan fingerprint density at radius 3 is 1.89 bits per heavy atom. The molecule has 7 nitrogen and oxygen atoms in total. The van der Waals surface area contributed by atoms with Gasteiger partial charge in [0.05, 0.1) is 19.8 Å². The molecule has 0 amide bonds. The molecule has 8 heteroatoms. The van der Waals surface area contributed by atoms with E-state index in [-0.39, 0.29) is 13.2 Å². The highest BCUT2D eigenvalue weighted by molar-refractivity contribution is 7.54. The summed E-state index contributed by atoms with van der Waals surface area (Å²) in [5.74, 6) is -1.54. The van der Waals surface area contributed by atoms with E-state index < -0.39 is 38.4 Å². The van der Waals surface area contributed by atoms with Crippen LogP contribution in [0.15, 0.2) is 60.7 Å². The van der Waals surface area contributed by atoms with E-state index in [1.165, 1.54) is 7.11 Å². The maximum Gasteiger partial charge on any atom is 0.361 e. The fraction of sp³-hybridized carbons (Fsp3) is 0.400. The summed E-state index contributed by atoms with van der Waals surface area (Å²) in [4.78, 5) is 0. The van der Waals surface area contributed by atoms with E-state index in [0.29, 0.717) is 0 Å². The second-order valence-electron chi connectivity index (χ2n) is 6.48. The summed E-state index contributed by atoms with van der Waals surface area (Å²) in [6, 6.07) is 18.9. The summed E-state index contributed by atoms with van der Waals surface area (Å²) in [6.45, 7) is -0.0546. The van der Waals surface area contributed by atoms with Crippen LogP contribution in [-0.4, -0.2) is 48.1 Å². The molecule has 1 aliphatic heterocycles. The lowest BCUT2D eigenvalue weighted by atomic mass is 10.1. The van der Waals surface area contributed by atoms with E-state index in [9.17, 15) is 14.8 Å². The molecular weight excluding hydrogens is 383 g/mol. The van der Waals surface area contributed by atoms with Crippen LogP contribution in [0.4, 0.5) is 0 Å². The van der Waals surface area contributed by atoms with Gasteiger partial charge in [-0.15, -0.1) is 0 Å². The highest BCUT2D eigenvalue weighted by Gasteiger charge is 2.53. The molecule has 2 N–H and O–H groups in total. The molecule has 3 rings (SSSR count). The minimum Gasteiger partial charge on any atom is -0.394 e. The first-order chi connectivity index (χ1) is 13.6. The molecule has 1 heterocycles. The van der Waals surface area contributed by atoms with Crippen LogP contribution >= 0.6 is 7.60 Å². The summed E-state index contributed by atoms with van der Waals surface area (Å²) in [5, 5.41) is 20.4. The van der Waals surface area contributed by atoms with Gasteiger partial charge in [-0.05, 0) is 11.1 Å². The molecule has 2 aromatic rings. The zero-order chi connectivity index (χ0) is 20.0. The van der Waals surface area contributed by atoms with E-state index in [4.69, 9.17) is 18.5 Å². The number of hydrogen-bond donors (Lipinski definition) is 2. The van der Waals surface area contributed by atoms with E-state index in [2.05, 4.69) is 0 Å². The third-order valence-corrected chi connectivity index (χ3v) is 6.61. The number of hydrogen-bond acceptors (Lipinski definition) is 7. The van der Waals surface area contributed by atoms with Crippen LogP contribution in [0.5, 0.6) is 0 Å². The first-order valence-corrected chi connectivity index (χ1v) is 10.6. The van der Waals surface area contributed by atoms with Gasteiger partial charge in [-0.2, -0.15) is 0 Å². The molecule has 1 fully saturated rings. The average Bonchev–Trinajstić information content (AvgIpc) is 2.75. The second-order valence-corrected chi connectivity index (χ2v) is 8.67. The molecule has 152 valence electrons. The molecule has 1 aliphatic rings. The van der Waals surface area contributed by atoms with Gasteiger partial charge >= 0.3 is 7.60 Å².